The molecule has 4 fully saturated rings. The third-order valence-corrected chi connectivity index (χ3v) is 9.18. The lowest BCUT2D eigenvalue weighted by molar-refractivity contribution is -0.163. The number of piperidine rings is 2. The number of H-pyrrole nitrogens is 1. The van der Waals surface area contributed by atoms with Gasteiger partial charge in [0.2, 0.25) is 5.91 Å². The Morgan fingerprint density at radius 3 is 2.67 bits per heavy atom. The lowest BCUT2D eigenvalue weighted by atomic mass is 9.54. The third kappa shape index (κ3) is 3.48. The minimum absolute atomic E-state index is 0.110. The van der Waals surface area contributed by atoms with Crippen molar-refractivity contribution in [2.75, 3.05) is 0 Å². The van der Waals surface area contributed by atoms with Crippen LogP contribution in [-0.4, -0.2) is 39.0 Å². The number of thiophene rings is 1. The standard InChI is InChI=1S/C26H27FN2O3S/c27-20-3-1-4-21-25(20)19(14-28-21)18(22-5-2-6-33-22)9-23(30)29-16-7-15-8-17(29)12-26(10-15,11-16)13-24(31)32/h1-6,14-18,28H,7-13H2,(H,31,32). The van der Waals surface area contributed by atoms with Crippen LogP contribution in [-0.2, 0) is 9.59 Å². The van der Waals surface area contributed by atoms with Gasteiger partial charge in [0.1, 0.15) is 5.82 Å². The fraction of sp³-hybridized carbons (Fsp3) is 0.462. The molecule has 4 heterocycles. The molecule has 2 aromatic heterocycles. The van der Waals surface area contributed by atoms with Gasteiger partial charge in [0.15, 0.2) is 0 Å². The second-order valence-electron chi connectivity index (χ2n) is 10.3. The summed E-state index contributed by atoms with van der Waals surface area (Å²) in [5.41, 5.74) is 1.42. The van der Waals surface area contributed by atoms with Gasteiger partial charge in [-0.1, -0.05) is 12.1 Å². The molecule has 172 valence electrons. The van der Waals surface area contributed by atoms with Crippen molar-refractivity contribution in [3.63, 3.8) is 0 Å². The first kappa shape index (κ1) is 20.9. The largest absolute Gasteiger partial charge is 0.481 e. The Kier molecular flexibility index (Phi) is 4.87. The van der Waals surface area contributed by atoms with Crippen molar-refractivity contribution in [3.8, 4) is 0 Å². The molecule has 3 atom stereocenters. The van der Waals surface area contributed by atoms with E-state index >= 15 is 0 Å². The number of hydrogen-bond donors (Lipinski definition) is 2. The SMILES string of the molecule is O=C(O)CC12CC3CC(C1)N(C(=O)CC(c1cccs1)c1c[nH]c4cccc(F)c14)C(C3)C2. The van der Waals surface area contributed by atoms with Crippen LogP contribution in [0.15, 0.2) is 41.9 Å². The number of carbonyl (C=O) groups is 2. The van der Waals surface area contributed by atoms with Gasteiger partial charge in [-0.05, 0) is 72.6 Å². The van der Waals surface area contributed by atoms with Crippen LogP contribution in [0.3, 0.4) is 0 Å². The number of nitrogens with zero attached hydrogens (tertiary/aromatic N) is 1. The summed E-state index contributed by atoms with van der Waals surface area (Å²) in [4.78, 5) is 31.6. The highest BCUT2D eigenvalue weighted by Gasteiger charge is 2.56. The number of carbonyl (C=O) groups excluding carboxylic acids is 1. The maximum Gasteiger partial charge on any atom is 0.303 e. The predicted octanol–water partition coefficient (Wildman–Crippen LogP) is 5.52. The Morgan fingerprint density at radius 1 is 1.18 bits per heavy atom. The van der Waals surface area contributed by atoms with Gasteiger partial charge >= 0.3 is 5.97 Å². The Bertz CT molecular complexity index is 1200. The van der Waals surface area contributed by atoms with Crippen LogP contribution in [0.25, 0.3) is 10.9 Å². The van der Waals surface area contributed by atoms with Crippen molar-refractivity contribution < 1.29 is 19.1 Å². The maximum absolute atomic E-state index is 14.8. The fourth-order valence-corrected chi connectivity index (χ4v) is 8.15. The minimum Gasteiger partial charge on any atom is -0.481 e. The zero-order valence-corrected chi connectivity index (χ0v) is 19.1. The number of aromatic nitrogens is 1. The molecule has 4 aliphatic rings. The molecule has 2 saturated heterocycles. The van der Waals surface area contributed by atoms with Crippen LogP contribution in [0, 0.1) is 17.2 Å². The number of aliphatic carboxylic acids is 1. The zero-order valence-electron chi connectivity index (χ0n) is 18.3. The molecular weight excluding hydrogens is 439 g/mol. The van der Waals surface area contributed by atoms with Crippen LogP contribution >= 0.6 is 11.3 Å². The first-order valence-corrected chi connectivity index (χ1v) is 12.6. The van der Waals surface area contributed by atoms with E-state index in [9.17, 15) is 19.1 Å². The lowest BCUT2D eigenvalue weighted by Gasteiger charge is -2.61. The molecule has 5 nitrogen and oxygen atoms in total. The molecule has 2 saturated carbocycles. The van der Waals surface area contributed by atoms with E-state index in [1.165, 1.54) is 6.07 Å². The molecular formula is C26H27FN2O3S. The number of benzene rings is 1. The number of rotatable bonds is 6. The van der Waals surface area contributed by atoms with Gasteiger partial charge in [0, 0.05) is 46.4 Å². The summed E-state index contributed by atoms with van der Waals surface area (Å²) in [5.74, 6) is -0.578. The molecule has 4 bridgehead atoms. The number of amides is 1. The first-order chi connectivity index (χ1) is 15.9. The summed E-state index contributed by atoms with van der Waals surface area (Å²) in [7, 11) is 0. The molecule has 2 aliphatic heterocycles. The number of hydrogen-bond acceptors (Lipinski definition) is 3. The van der Waals surface area contributed by atoms with E-state index in [0.717, 1.165) is 48.1 Å². The number of carboxylic acid groups (broad SMARTS) is 1. The van der Waals surface area contributed by atoms with Gasteiger partial charge < -0.3 is 15.0 Å². The van der Waals surface area contributed by atoms with Crippen LogP contribution in [0.4, 0.5) is 4.39 Å². The second-order valence-corrected chi connectivity index (χ2v) is 11.3. The van der Waals surface area contributed by atoms with Crippen molar-refractivity contribution in [1.82, 2.24) is 9.88 Å². The monoisotopic (exact) mass is 466 g/mol. The average Bonchev–Trinajstić information content (AvgIpc) is 3.41. The van der Waals surface area contributed by atoms with Crippen molar-refractivity contribution in [3.05, 3.63) is 58.2 Å². The first-order valence-electron chi connectivity index (χ1n) is 11.7. The van der Waals surface area contributed by atoms with E-state index in [4.69, 9.17) is 0 Å². The quantitative estimate of drug-likeness (QED) is 0.502. The van der Waals surface area contributed by atoms with E-state index in [0.29, 0.717) is 17.7 Å². The molecule has 0 radical (unpaired) electrons. The second kappa shape index (κ2) is 7.69. The summed E-state index contributed by atoms with van der Waals surface area (Å²) >= 11 is 1.59. The fourth-order valence-electron chi connectivity index (χ4n) is 7.30. The van der Waals surface area contributed by atoms with Gasteiger partial charge in [0.05, 0.1) is 6.42 Å². The number of nitrogens with one attached hydrogen (secondary N) is 1. The highest BCUT2D eigenvalue weighted by molar-refractivity contribution is 7.10. The van der Waals surface area contributed by atoms with E-state index in [2.05, 4.69) is 9.88 Å². The molecule has 3 aromatic rings. The topological polar surface area (TPSA) is 73.4 Å². The van der Waals surface area contributed by atoms with Crippen molar-refractivity contribution in [1.29, 1.82) is 0 Å². The summed E-state index contributed by atoms with van der Waals surface area (Å²) in [6.07, 6.45) is 6.90. The average molecular weight is 467 g/mol. The highest BCUT2D eigenvalue weighted by atomic mass is 32.1. The minimum atomic E-state index is -0.728. The summed E-state index contributed by atoms with van der Waals surface area (Å²) < 4.78 is 14.8. The van der Waals surface area contributed by atoms with Gasteiger partial charge in [-0.2, -0.15) is 0 Å². The Labute approximate surface area is 195 Å². The molecule has 7 heteroatoms. The molecule has 33 heavy (non-hydrogen) atoms. The van der Waals surface area contributed by atoms with Crippen LogP contribution in [0.5, 0.6) is 0 Å². The number of halogens is 1. The zero-order chi connectivity index (χ0) is 22.7. The molecule has 2 aliphatic carbocycles. The van der Waals surface area contributed by atoms with Gasteiger partial charge in [0.25, 0.3) is 0 Å². The Morgan fingerprint density at radius 2 is 1.97 bits per heavy atom. The molecule has 1 amide bonds. The van der Waals surface area contributed by atoms with E-state index < -0.39 is 5.97 Å². The predicted molar refractivity (Wildman–Crippen MR) is 125 cm³/mol. The molecule has 2 N–H and O–H groups in total. The van der Waals surface area contributed by atoms with Gasteiger partial charge in [-0.15, -0.1) is 11.3 Å². The Balaban J connectivity index is 1.31. The normalized spacial score (nSPS) is 29.0. The van der Waals surface area contributed by atoms with E-state index in [1.54, 1.807) is 17.4 Å². The number of aromatic amines is 1. The van der Waals surface area contributed by atoms with Gasteiger partial charge in [-0.3, -0.25) is 9.59 Å². The highest BCUT2D eigenvalue weighted by Crippen LogP contribution is 2.58. The smallest absolute Gasteiger partial charge is 0.303 e. The van der Waals surface area contributed by atoms with Crippen molar-refractivity contribution in [2.45, 2.75) is 62.9 Å². The Hall–Kier alpha value is -2.67. The van der Waals surface area contributed by atoms with Gasteiger partial charge in [-0.25, -0.2) is 4.39 Å². The maximum atomic E-state index is 14.8. The molecule has 1 aromatic carbocycles. The van der Waals surface area contributed by atoms with E-state index in [1.807, 2.05) is 29.8 Å². The van der Waals surface area contributed by atoms with Crippen molar-refractivity contribution in [2.24, 2.45) is 11.3 Å². The summed E-state index contributed by atoms with van der Waals surface area (Å²) in [5, 5.41) is 12.0. The van der Waals surface area contributed by atoms with Crippen molar-refractivity contribution >= 4 is 34.1 Å². The molecule has 7 rings (SSSR count). The third-order valence-electron chi connectivity index (χ3n) is 8.20. The number of carboxylic acids is 1. The number of fused-ring (bicyclic) bond motifs is 1. The summed E-state index contributed by atoms with van der Waals surface area (Å²) in [6, 6.07) is 9.28. The van der Waals surface area contributed by atoms with Crippen LogP contribution in [0.1, 0.15) is 61.3 Å². The van der Waals surface area contributed by atoms with E-state index in [-0.39, 0.29) is 41.6 Å². The molecule has 3 unspecified atom stereocenters. The van der Waals surface area contributed by atoms with Crippen LogP contribution in [0.2, 0.25) is 0 Å². The lowest BCUT2D eigenvalue weighted by Crippen LogP contribution is -2.63. The van der Waals surface area contributed by atoms with Crippen LogP contribution < -0.4 is 0 Å². The summed E-state index contributed by atoms with van der Waals surface area (Å²) in [6.45, 7) is 0. The molecule has 0 spiro atoms.